The molecule has 23 heavy (non-hydrogen) atoms. The first kappa shape index (κ1) is 14.3. The van der Waals surface area contributed by atoms with E-state index in [9.17, 15) is 4.79 Å². The number of methoxy groups -OCH3 is 2. The molecule has 2 aliphatic rings. The number of benzene rings is 2. The van der Waals surface area contributed by atoms with E-state index >= 15 is 0 Å². The van der Waals surface area contributed by atoms with Gasteiger partial charge in [-0.1, -0.05) is 19.1 Å². The lowest BCUT2D eigenvalue weighted by Crippen LogP contribution is -2.31. The molecule has 2 unspecified atom stereocenters. The fraction of sp³-hybridized carbons (Fsp3) is 0.350. The van der Waals surface area contributed by atoms with Gasteiger partial charge >= 0.3 is 0 Å². The van der Waals surface area contributed by atoms with Crippen molar-refractivity contribution in [2.75, 3.05) is 14.2 Å². The molecule has 0 fully saturated rings. The molecule has 2 aromatic carbocycles. The second-order valence-corrected chi connectivity index (χ2v) is 6.65. The summed E-state index contributed by atoms with van der Waals surface area (Å²) in [6.07, 6.45) is 1.60. The molecule has 2 aliphatic carbocycles. The highest BCUT2D eigenvalue weighted by atomic mass is 16.5. The second-order valence-electron chi connectivity index (χ2n) is 6.65. The summed E-state index contributed by atoms with van der Waals surface area (Å²) in [5, 5.41) is 0. The quantitative estimate of drug-likeness (QED) is 0.847. The van der Waals surface area contributed by atoms with Gasteiger partial charge in [0.1, 0.15) is 11.5 Å². The highest BCUT2D eigenvalue weighted by Gasteiger charge is 2.53. The molecule has 0 radical (unpaired) electrons. The minimum atomic E-state index is -0.344. The Hall–Kier alpha value is -2.29. The summed E-state index contributed by atoms with van der Waals surface area (Å²) in [5.41, 5.74) is 4.14. The van der Waals surface area contributed by atoms with Crippen LogP contribution in [-0.4, -0.2) is 20.0 Å². The summed E-state index contributed by atoms with van der Waals surface area (Å²) in [6, 6.07) is 12.1. The summed E-state index contributed by atoms with van der Waals surface area (Å²) >= 11 is 0. The van der Waals surface area contributed by atoms with Crippen LogP contribution in [0.25, 0.3) is 0 Å². The van der Waals surface area contributed by atoms with Gasteiger partial charge in [0, 0.05) is 11.0 Å². The van der Waals surface area contributed by atoms with Crippen molar-refractivity contribution in [1.29, 1.82) is 0 Å². The third-order valence-electron chi connectivity index (χ3n) is 5.68. The van der Waals surface area contributed by atoms with Crippen LogP contribution < -0.4 is 9.47 Å². The Balaban J connectivity index is 1.78. The number of carbonyl (C=O) groups excluding carboxylic acids is 1. The van der Waals surface area contributed by atoms with Gasteiger partial charge in [0.2, 0.25) is 0 Å². The van der Waals surface area contributed by atoms with Crippen molar-refractivity contribution < 1.29 is 14.3 Å². The molecular weight excluding hydrogens is 288 g/mol. The molecule has 4 rings (SSSR count). The average molecular weight is 308 g/mol. The van der Waals surface area contributed by atoms with Gasteiger partial charge in [0.15, 0.2) is 5.78 Å². The van der Waals surface area contributed by atoms with Gasteiger partial charge in [0.25, 0.3) is 0 Å². The van der Waals surface area contributed by atoms with Crippen molar-refractivity contribution >= 4 is 5.78 Å². The van der Waals surface area contributed by atoms with Crippen LogP contribution in [0.1, 0.15) is 39.9 Å². The molecule has 0 bridgehead atoms. The molecule has 3 heteroatoms. The van der Waals surface area contributed by atoms with E-state index in [1.54, 1.807) is 14.2 Å². The molecule has 0 saturated carbocycles. The molecule has 0 amide bonds. The third kappa shape index (κ3) is 1.86. The predicted octanol–water partition coefficient (Wildman–Crippen LogP) is 3.79. The van der Waals surface area contributed by atoms with Crippen LogP contribution in [0.3, 0.4) is 0 Å². The Morgan fingerprint density at radius 3 is 2.35 bits per heavy atom. The topological polar surface area (TPSA) is 35.5 Å². The zero-order chi connectivity index (χ0) is 16.2. The number of hydrogen-bond acceptors (Lipinski definition) is 3. The van der Waals surface area contributed by atoms with Crippen LogP contribution in [-0.2, 0) is 12.8 Å². The maximum atomic E-state index is 13.2. The van der Waals surface area contributed by atoms with Crippen LogP contribution in [0.2, 0.25) is 0 Å². The fourth-order valence-electron chi connectivity index (χ4n) is 4.27. The first-order valence-corrected chi connectivity index (χ1v) is 7.97. The van der Waals surface area contributed by atoms with Crippen LogP contribution >= 0.6 is 0 Å². The van der Waals surface area contributed by atoms with Gasteiger partial charge in [-0.3, -0.25) is 4.79 Å². The minimum Gasteiger partial charge on any atom is -0.497 e. The Bertz CT molecular complexity index is 809. The predicted molar refractivity (Wildman–Crippen MR) is 88.6 cm³/mol. The lowest BCUT2D eigenvalue weighted by molar-refractivity contribution is 0.0802. The molecule has 0 aliphatic heterocycles. The second kappa shape index (κ2) is 4.85. The van der Waals surface area contributed by atoms with Gasteiger partial charge in [-0.25, -0.2) is 0 Å². The maximum absolute atomic E-state index is 13.2. The Morgan fingerprint density at radius 1 is 0.957 bits per heavy atom. The number of ketones is 1. The monoisotopic (exact) mass is 308 g/mol. The van der Waals surface area contributed by atoms with Crippen molar-refractivity contribution in [3.8, 4) is 11.5 Å². The minimum absolute atomic E-state index is 0.217. The van der Waals surface area contributed by atoms with Crippen molar-refractivity contribution in [3.63, 3.8) is 0 Å². The van der Waals surface area contributed by atoms with Crippen LogP contribution in [0.4, 0.5) is 0 Å². The van der Waals surface area contributed by atoms with E-state index in [2.05, 4.69) is 25.1 Å². The molecule has 2 atom stereocenters. The Labute approximate surface area is 136 Å². The van der Waals surface area contributed by atoms with Crippen molar-refractivity contribution in [2.24, 2.45) is 5.41 Å². The normalized spacial score (nSPS) is 24.7. The standard InChI is InChI=1S/C20H20O3/c1-12-17-7-6-16(23-3)9-18(17)19(21)20(12)10-13-4-5-15(22-2)8-14(13)11-20/h4-9,12H,10-11H2,1-3H3. The molecule has 2 aromatic rings. The summed E-state index contributed by atoms with van der Waals surface area (Å²) in [6.45, 7) is 2.18. The Morgan fingerprint density at radius 2 is 1.61 bits per heavy atom. The van der Waals surface area contributed by atoms with E-state index in [0.29, 0.717) is 0 Å². The zero-order valence-corrected chi connectivity index (χ0v) is 13.7. The van der Waals surface area contributed by atoms with E-state index in [1.807, 2.05) is 18.2 Å². The summed E-state index contributed by atoms with van der Waals surface area (Å²) in [7, 11) is 3.32. The number of fused-ring (bicyclic) bond motifs is 2. The fourth-order valence-corrected chi connectivity index (χ4v) is 4.27. The van der Waals surface area contributed by atoms with Crippen molar-refractivity contribution in [2.45, 2.75) is 25.7 Å². The highest BCUT2D eigenvalue weighted by Crippen LogP contribution is 2.55. The SMILES string of the molecule is COc1ccc2c(c1)CC1(C2)C(=O)c2cc(OC)ccc2C1C. The van der Waals surface area contributed by atoms with E-state index in [4.69, 9.17) is 9.47 Å². The lowest BCUT2D eigenvalue weighted by Gasteiger charge is -2.27. The summed E-state index contributed by atoms with van der Waals surface area (Å²) in [4.78, 5) is 13.2. The molecule has 0 saturated heterocycles. The smallest absolute Gasteiger partial charge is 0.170 e. The molecule has 0 N–H and O–H groups in total. The first-order valence-electron chi connectivity index (χ1n) is 7.97. The van der Waals surface area contributed by atoms with Crippen LogP contribution in [0.15, 0.2) is 36.4 Å². The molecule has 0 aromatic heterocycles. The van der Waals surface area contributed by atoms with Gasteiger partial charge < -0.3 is 9.47 Å². The Kier molecular flexibility index (Phi) is 3.02. The van der Waals surface area contributed by atoms with Crippen LogP contribution in [0.5, 0.6) is 11.5 Å². The average Bonchev–Trinajstić information content (AvgIpc) is 3.06. The number of carbonyl (C=O) groups is 1. The number of rotatable bonds is 2. The maximum Gasteiger partial charge on any atom is 0.170 e. The van der Waals surface area contributed by atoms with Gasteiger partial charge in [0.05, 0.1) is 14.2 Å². The third-order valence-corrected chi connectivity index (χ3v) is 5.68. The molecule has 3 nitrogen and oxygen atoms in total. The molecule has 0 heterocycles. The zero-order valence-electron chi connectivity index (χ0n) is 13.7. The molecule has 1 spiro atoms. The van der Waals surface area contributed by atoms with Crippen molar-refractivity contribution in [3.05, 3.63) is 58.7 Å². The van der Waals surface area contributed by atoms with Crippen molar-refractivity contribution in [1.82, 2.24) is 0 Å². The van der Waals surface area contributed by atoms with Gasteiger partial charge in [-0.2, -0.15) is 0 Å². The lowest BCUT2D eigenvalue weighted by atomic mass is 9.74. The number of hydrogen-bond donors (Lipinski definition) is 0. The molecule has 118 valence electrons. The number of Topliss-reactive ketones (excluding diaryl/α,β-unsaturated/α-hetero) is 1. The first-order chi connectivity index (χ1) is 11.1. The van der Waals surface area contributed by atoms with E-state index in [0.717, 1.165) is 35.5 Å². The largest absolute Gasteiger partial charge is 0.497 e. The summed E-state index contributed by atoms with van der Waals surface area (Å²) < 4.78 is 10.6. The van der Waals surface area contributed by atoms with E-state index in [-0.39, 0.29) is 17.1 Å². The highest BCUT2D eigenvalue weighted by molar-refractivity contribution is 6.07. The number of ether oxygens (including phenoxy) is 2. The van der Waals surface area contributed by atoms with E-state index < -0.39 is 0 Å². The van der Waals surface area contributed by atoms with Gasteiger partial charge in [-0.05, 0) is 59.7 Å². The van der Waals surface area contributed by atoms with Crippen LogP contribution in [0, 0.1) is 5.41 Å². The van der Waals surface area contributed by atoms with Gasteiger partial charge in [-0.15, -0.1) is 0 Å². The van der Waals surface area contributed by atoms with E-state index in [1.165, 1.54) is 11.1 Å². The molecular formula is C20H20O3. The summed E-state index contributed by atoms with van der Waals surface area (Å²) in [5.74, 6) is 2.08.